The van der Waals surface area contributed by atoms with E-state index in [1.807, 2.05) is 35.0 Å². The fourth-order valence-corrected chi connectivity index (χ4v) is 3.68. The zero-order chi connectivity index (χ0) is 19.8. The van der Waals surface area contributed by atoms with E-state index < -0.39 is 0 Å². The van der Waals surface area contributed by atoms with Crippen molar-refractivity contribution in [3.05, 3.63) is 59.5 Å². The number of nitrogens with one attached hydrogen (secondary N) is 2. The van der Waals surface area contributed by atoms with Crippen molar-refractivity contribution in [2.45, 2.75) is 25.3 Å². The van der Waals surface area contributed by atoms with Crippen LogP contribution in [-0.2, 0) is 0 Å². The molecule has 1 atom stereocenters. The Morgan fingerprint density at radius 2 is 2.14 bits per heavy atom. The van der Waals surface area contributed by atoms with Crippen molar-refractivity contribution in [3.63, 3.8) is 0 Å². The first-order chi connectivity index (χ1) is 14.2. The quantitative estimate of drug-likeness (QED) is 0.518. The van der Waals surface area contributed by atoms with E-state index in [1.54, 1.807) is 12.4 Å². The zero-order valence-electron chi connectivity index (χ0n) is 15.5. The molecule has 1 saturated carbocycles. The minimum atomic E-state index is -0.207. The summed E-state index contributed by atoms with van der Waals surface area (Å²) in [6, 6.07) is 11.7. The molecule has 0 bridgehead atoms. The second kappa shape index (κ2) is 6.95. The van der Waals surface area contributed by atoms with Crippen molar-refractivity contribution in [2.75, 3.05) is 5.32 Å². The van der Waals surface area contributed by atoms with Gasteiger partial charge in [-0.1, -0.05) is 0 Å². The lowest BCUT2D eigenvalue weighted by Gasteiger charge is -2.14. The van der Waals surface area contributed by atoms with Crippen LogP contribution in [0.25, 0.3) is 22.2 Å². The van der Waals surface area contributed by atoms with Gasteiger partial charge in [-0.25, -0.2) is 4.98 Å². The average molecular weight is 386 g/mol. The van der Waals surface area contributed by atoms with Crippen LogP contribution < -0.4 is 10.9 Å². The Morgan fingerprint density at radius 1 is 1.31 bits per heavy atom. The Hall–Kier alpha value is -3.86. The molecule has 1 aliphatic carbocycles. The largest absolute Gasteiger partial charge is 0.444 e. The molecule has 8 heteroatoms. The van der Waals surface area contributed by atoms with Crippen molar-refractivity contribution >= 4 is 22.4 Å². The summed E-state index contributed by atoms with van der Waals surface area (Å²) in [5.74, 6) is 1.61. The van der Waals surface area contributed by atoms with Crippen molar-refractivity contribution in [1.82, 2.24) is 19.7 Å². The smallest absolute Gasteiger partial charge is 0.261 e. The summed E-state index contributed by atoms with van der Waals surface area (Å²) in [6.45, 7) is 0. The van der Waals surface area contributed by atoms with E-state index in [2.05, 4.69) is 21.4 Å². The van der Waals surface area contributed by atoms with Crippen LogP contribution in [0.5, 0.6) is 0 Å². The summed E-state index contributed by atoms with van der Waals surface area (Å²) >= 11 is 0. The van der Waals surface area contributed by atoms with Gasteiger partial charge in [-0.3, -0.25) is 9.48 Å². The van der Waals surface area contributed by atoms with Gasteiger partial charge in [0.05, 0.1) is 30.2 Å². The average Bonchev–Trinajstić information content (AvgIpc) is 3.29. The number of benzene rings is 1. The Bertz CT molecular complexity index is 1240. The Morgan fingerprint density at radius 3 is 2.83 bits per heavy atom. The number of anilines is 2. The number of oxazole rings is 1. The summed E-state index contributed by atoms with van der Waals surface area (Å²) in [5, 5.41) is 17.7. The maximum atomic E-state index is 12.5. The second-order valence-electron chi connectivity index (χ2n) is 7.20. The second-order valence-corrected chi connectivity index (χ2v) is 7.20. The predicted octanol–water partition coefficient (Wildman–Crippen LogP) is 3.99. The Kier molecular flexibility index (Phi) is 4.13. The minimum Gasteiger partial charge on any atom is -0.444 e. The molecule has 0 spiro atoms. The molecule has 0 amide bonds. The first kappa shape index (κ1) is 17.3. The number of aromatic amines is 1. The molecule has 0 radical (unpaired) electrons. The molecule has 4 aromatic rings. The summed E-state index contributed by atoms with van der Waals surface area (Å²) < 4.78 is 7.16. The van der Waals surface area contributed by atoms with Gasteiger partial charge in [-0.05, 0) is 49.1 Å². The highest BCUT2D eigenvalue weighted by atomic mass is 16.3. The molecule has 0 aliphatic heterocycles. The molecule has 2 N–H and O–H groups in total. The molecule has 8 nitrogen and oxygen atoms in total. The van der Waals surface area contributed by atoms with Gasteiger partial charge in [0, 0.05) is 17.4 Å². The molecule has 5 rings (SSSR count). The first-order valence-electron chi connectivity index (χ1n) is 9.47. The highest BCUT2D eigenvalue weighted by Crippen LogP contribution is 2.43. The fraction of sp³-hybridized carbons (Fsp3) is 0.238. The van der Waals surface area contributed by atoms with Crippen molar-refractivity contribution in [1.29, 1.82) is 5.26 Å². The van der Waals surface area contributed by atoms with E-state index in [4.69, 9.17) is 9.52 Å². The topological polar surface area (TPSA) is 113 Å². The van der Waals surface area contributed by atoms with Crippen molar-refractivity contribution in [3.8, 4) is 17.4 Å². The normalized spacial score (nSPS) is 14.6. The van der Waals surface area contributed by atoms with Crippen LogP contribution >= 0.6 is 0 Å². The molecule has 1 aliphatic rings. The Labute approximate surface area is 165 Å². The number of rotatable bonds is 6. The maximum Gasteiger partial charge on any atom is 0.261 e. The molecule has 0 saturated heterocycles. The number of H-pyrrole nitrogens is 1. The van der Waals surface area contributed by atoms with E-state index in [-0.39, 0.29) is 11.6 Å². The van der Waals surface area contributed by atoms with Crippen molar-refractivity contribution in [2.24, 2.45) is 5.92 Å². The first-order valence-corrected chi connectivity index (χ1v) is 9.47. The van der Waals surface area contributed by atoms with E-state index in [9.17, 15) is 10.1 Å². The van der Waals surface area contributed by atoms with Gasteiger partial charge in [0.1, 0.15) is 5.39 Å². The van der Waals surface area contributed by atoms with Crippen LogP contribution in [0.3, 0.4) is 0 Å². The Balaban J connectivity index is 1.53. The summed E-state index contributed by atoms with van der Waals surface area (Å²) in [4.78, 5) is 19.2. The highest BCUT2D eigenvalue weighted by molar-refractivity contribution is 5.91. The third-order valence-corrected chi connectivity index (χ3v) is 5.28. The van der Waals surface area contributed by atoms with Gasteiger partial charge in [-0.2, -0.15) is 10.4 Å². The van der Waals surface area contributed by atoms with Gasteiger partial charge in [0.25, 0.3) is 5.56 Å². The van der Waals surface area contributed by atoms with Crippen LogP contribution in [0.4, 0.5) is 11.5 Å². The van der Waals surface area contributed by atoms with Gasteiger partial charge in [-0.15, -0.1) is 0 Å². The van der Waals surface area contributed by atoms with Crippen LogP contribution in [0.2, 0.25) is 0 Å². The number of nitrogens with zero attached hydrogens (tertiary/aromatic N) is 4. The lowest BCUT2D eigenvalue weighted by molar-refractivity contribution is 0.426. The molecule has 1 fully saturated rings. The lowest BCUT2D eigenvalue weighted by Crippen LogP contribution is -2.13. The van der Waals surface area contributed by atoms with E-state index in [0.29, 0.717) is 29.3 Å². The van der Waals surface area contributed by atoms with Crippen LogP contribution in [-0.4, -0.2) is 19.7 Å². The summed E-state index contributed by atoms with van der Waals surface area (Å²) in [7, 11) is 0. The minimum absolute atomic E-state index is 0.0197. The van der Waals surface area contributed by atoms with E-state index >= 15 is 0 Å². The molecule has 3 aromatic heterocycles. The number of fused-ring (bicyclic) bond motifs is 1. The molecule has 144 valence electrons. The number of nitriles is 1. The molecule has 1 aromatic carbocycles. The summed E-state index contributed by atoms with van der Waals surface area (Å²) in [5.41, 5.74) is 2.23. The molecular weight excluding hydrogens is 368 g/mol. The van der Waals surface area contributed by atoms with Crippen LogP contribution in [0.15, 0.2) is 58.3 Å². The number of pyridine rings is 1. The van der Waals surface area contributed by atoms with Gasteiger partial charge in [0.2, 0.25) is 0 Å². The summed E-state index contributed by atoms with van der Waals surface area (Å²) in [6.07, 6.45) is 7.22. The van der Waals surface area contributed by atoms with Crippen LogP contribution in [0, 0.1) is 17.2 Å². The monoisotopic (exact) mass is 386 g/mol. The standard InChI is InChI=1S/C21H18N6O2/c22-9-7-16(13-1-2-13)27-17-8-10-24-21(28)19(17)20(26-27)25-15-5-3-14(4-6-15)18-11-23-12-29-18/h3-6,8,10-13,16H,1-2,7H2,(H,24,28)(H,25,26). The van der Waals surface area contributed by atoms with Crippen molar-refractivity contribution < 1.29 is 4.42 Å². The fourth-order valence-electron chi connectivity index (χ4n) is 3.68. The third kappa shape index (κ3) is 3.17. The zero-order valence-corrected chi connectivity index (χ0v) is 15.5. The van der Waals surface area contributed by atoms with E-state index in [1.165, 1.54) is 6.39 Å². The van der Waals surface area contributed by atoms with Gasteiger partial charge >= 0.3 is 0 Å². The lowest BCUT2D eigenvalue weighted by atomic mass is 10.1. The van der Waals surface area contributed by atoms with Crippen LogP contribution in [0.1, 0.15) is 25.3 Å². The predicted molar refractivity (Wildman–Crippen MR) is 108 cm³/mol. The highest BCUT2D eigenvalue weighted by Gasteiger charge is 2.34. The molecule has 29 heavy (non-hydrogen) atoms. The number of hydrogen-bond donors (Lipinski definition) is 2. The molecular formula is C21H18N6O2. The molecule has 3 heterocycles. The third-order valence-electron chi connectivity index (χ3n) is 5.28. The van der Waals surface area contributed by atoms with Gasteiger partial charge < -0.3 is 14.7 Å². The molecule has 1 unspecified atom stereocenters. The van der Waals surface area contributed by atoms with Gasteiger partial charge in [0.15, 0.2) is 18.0 Å². The van der Waals surface area contributed by atoms with E-state index in [0.717, 1.165) is 29.6 Å². The SMILES string of the molecule is N#CCC(C1CC1)n1nc(Nc2ccc(-c3cnco3)cc2)c2c(=O)[nH]ccc21. The number of aromatic nitrogens is 4. The number of hydrogen-bond acceptors (Lipinski definition) is 6. The maximum absolute atomic E-state index is 12.5.